The van der Waals surface area contributed by atoms with E-state index < -0.39 is 5.97 Å². The first-order chi connectivity index (χ1) is 7.15. The van der Waals surface area contributed by atoms with Gasteiger partial charge in [-0.2, -0.15) is 0 Å². The van der Waals surface area contributed by atoms with Gasteiger partial charge in [-0.05, 0) is 12.8 Å². The third-order valence-electron chi connectivity index (χ3n) is 2.04. The normalized spacial score (nSPS) is 15.2. The van der Waals surface area contributed by atoms with Gasteiger partial charge < -0.3 is 10.1 Å². The number of nitrogens with zero attached hydrogens (tertiary/aromatic N) is 1. The first-order valence-electron chi connectivity index (χ1n) is 4.61. The van der Waals surface area contributed by atoms with Crippen LogP contribution in [-0.2, 0) is 4.79 Å². The Hall–Kier alpha value is -1.30. The molecule has 0 spiro atoms. The van der Waals surface area contributed by atoms with E-state index >= 15 is 0 Å². The highest BCUT2D eigenvalue weighted by molar-refractivity contribution is 7.99. The van der Waals surface area contributed by atoms with Crippen molar-refractivity contribution in [2.45, 2.75) is 23.8 Å². The second-order valence-electron chi connectivity index (χ2n) is 3.43. The third-order valence-corrected chi connectivity index (χ3v) is 2.94. The molecule has 5 nitrogen and oxygen atoms in total. The van der Waals surface area contributed by atoms with Crippen molar-refractivity contribution >= 4 is 17.7 Å². The lowest BCUT2D eigenvalue weighted by Gasteiger charge is -2.00. The van der Waals surface area contributed by atoms with Gasteiger partial charge in [0.2, 0.25) is 0 Å². The predicted molar refractivity (Wildman–Crippen MR) is 55.2 cm³/mol. The zero-order valence-corrected chi connectivity index (χ0v) is 8.71. The van der Waals surface area contributed by atoms with E-state index in [0.717, 1.165) is 24.6 Å². The molecule has 1 fully saturated rings. The Bertz CT molecular complexity index is 439. The van der Waals surface area contributed by atoms with Crippen LogP contribution in [0, 0.1) is 0 Å². The lowest BCUT2D eigenvalue weighted by Crippen LogP contribution is -2.10. The van der Waals surface area contributed by atoms with Gasteiger partial charge in [0.15, 0.2) is 0 Å². The number of nitrogens with one attached hydrogen (secondary N) is 1. The first kappa shape index (κ1) is 10.2. The topological polar surface area (TPSA) is 83.0 Å². The standard InChI is InChI=1S/C9H10N2O3S/c12-6-3-7(15-4-8(13)14)11-9(10-6)5-1-2-5/h3,5H,1-2,4H2,(H,13,14)(H,10,11,12). The minimum Gasteiger partial charge on any atom is -0.481 e. The predicted octanol–water partition coefficient (Wildman–Crippen LogP) is 0.824. The monoisotopic (exact) mass is 226 g/mol. The quantitative estimate of drug-likeness (QED) is 0.586. The Morgan fingerprint density at radius 2 is 2.40 bits per heavy atom. The highest BCUT2D eigenvalue weighted by Gasteiger charge is 2.26. The van der Waals surface area contributed by atoms with Gasteiger partial charge in [0.05, 0.1) is 5.75 Å². The van der Waals surface area contributed by atoms with E-state index in [1.807, 2.05) is 0 Å². The summed E-state index contributed by atoms with van der Waals surface area (Å²) in [7, 11) is 0. The SMILES string of the molecule is O=C(O)CSc1cc(=O)[nH]c(C2CC2)n1. The zero-order chi connectivity index (χ0) is 10.8. The number of carboxylic acid groups (broad SMARTS) is 1. The Morgan fingerprint density at radius 1 is 1.67 bits per heavy atom. The number of aromatic nitrogens is 2. The Labute approximate surface area is 89.9 Å². The highest BCUT2D eigenvalue weighted by atomic mass is 32.2. The van der Waals surface area contributed by atoms with Gasteiger partial charge in [-0.25, -0.2) is 4.98 Å². The van der Waals surface area contributed by atoms with Gasteiger partial charge >= 0.3 is 5.97 Å². The molecule has 1 aromatic heterocycles. The van der Waals surface area contributed by atoms with E-state index in [2.05, 4.69) is 9.97 Å². The molecule has 15 heavy (non-hydrogen) atoms. The number of thioether (sulfide) groups is 1. The summed E-state index contributed by atoms with van der Waals surface area (Å²) < 4.78 is 0. The second kappa shape index (κ2) is 4.06. The number of H-pyrrole nitrogens is 1. The molecule has 1 aliphatic carbocycles. The third kappa shape index (κ3) is 2.82. The molecular weight excluding hydrogens is 216 g/mol. The summed E-state index contributed by atoms with van der Waals surface area (Å²) in [6.45, 7) is 0. The molecule has 80 valence electrons. The lowest BCUT2D eigenvalue weighted by atomic mass is 10.4. The molecule has 0 atom stereocenters. The molecule has 0 aromatic carbocycles. The maximum absolute atomic E-state index is 11.2. The van der Waals surface area contributed by atoms with Crippen LogP contribution in [-0.4, -0.2) is 26.8 Å². The number of aromatic amines is 1. The summed E-state index contributed by atoms with van der Waals surface area (Å²) in [6.07, 6.45) is 2.10. The van der Waals surface area contributed by atoms with Gasteiger partial charge in [0.1, 0.15) is 10.9 Å². The fraction of sp³-hybridized carbons (Fsp3) is 0.444. The minimum absolute atomic E-state index is 0.0689. The van der Waals surface area contributed by atoms with Gasteiger partial charge in [-0.15, -0.1) is 0 Å². The van der Waals surface area contributed by atoms with Crippen LogP contribution in [0.15, 0.2) is 15.9 Å². The summed E-state index contributed by atoms with van der Waals surface area (Å²) in [5.41, 5.74) is -0.209. The Balaban J connectivity index is 2.15. The fourth-order valence-corrected chi connectivity index (χ4v) is 1.84. The summed E-state index contributed by atoms with van der Waals surface area (Å²) in [5, 5.41) is 8.99. The molecule has 2 N–H and O–H groups in total. The van der Waals surface area contributed by atoms with Gasteiger partial charge in [-0.3, -0.25) is 9.59 Å². The lowest BCUT2D eigenvalue weighted by molar-refractivity contribution is -0.133. The number of rotatable bonds is 4. The number of carboxylic acids is 1. The van der Waals surface area contributed by atoms with Crippen molar-refractivity contribution in [1.82, 2.24) is 9.97 Å². The van der Waals surface area contributed by atoms with Crippen molar-refractivity contribution in [1.29, 1.82) is 0 Å². The smallest absolute Gasteiger partial charge is 0.313 e. The van der Waals surface area contributed by atoms with Crippen LogP contribution in [0.4, 0.5) is 0 Å². The molecule has 0 bridgehead atoms. The average molecular weight is 226 g/mol. The van der Waals surface area contributed by atoms with Crippen molar-refractivity contribution in [3.05, 3.63) is 22.2 Å². The molecule has 1 heterocycles. The van der Waals surface area contributed by atoms with E-state index in [-0.39, 0.29) is 11.3 Å². The Morgan fingerprint density at radius 3 is 3.00 bits per heavy atom. The summed E-state index contributed by atoms with van der Waals surface area (Å²) in [6, 6.07) is 1.33. The van der Waals surface area contributed by atoms with Crippen LogP contribution in [0.3, 0.4) is 0 Å². The molecule has 1 aliphatic rings. The average Bonchev–Trinajstić information content (AvgIpc) is 2.97. The van der Waals surface area contributed by atoms with Crippen LogP contribution >= 0.6 is 11.8 Å². The molecule has 1 saturated carbocycles. The number of hydrogen-bond acceptors (Lipinski definition) is 4. The van der Waals surface area contributed by atoms with Crippen molar-refractivity contribution in [2.24, 2.45) is 0 Å². The van der Waals surface area contributed by atoms with Crippen LogP contribution in [0.25, 0.3) is 0 Å². The van der Waals surface area contributed by atoms with Crippen molar-refractivity contribution in [3.63, 3.8) is 0 Å². The van der Waals surface area contributed by atoms with Crippen molar-refractivity contribution < 1.29 is 9.90 Å². The van der Waals surface area contributed by atoms with Crippen LogP contribution < -0.4 is 5.56 Å². The van der Waals surface area contributed by atoms with Crippen LogP contribution in [0.1, 0.15) is 24.6 Å². The molecule has 6 heteroatoms. The number of aliphatic carboxylic acids is 1. The summed E-state index contributed by atoms with van der Waals surface area (Å²) >= 11 is 1.07. The van der Waals surface area contributed by atoms with E-state index in [9.17, 15) is 9.59 Å². The Kier molecular flexibility index (Phi) is 2.77. The minimum atomic E-state index is -0.907. The summed E-state index contributed by atoms with van der Waals surface area (Å²) in [4.78, 5) is 28.5. The van der Waals surface area contributed by atoms with Gasteiger partial charge in [0.25, 0.3) is 5.56 Å². The van der Waals surface area contributed by atoms with Gasteiger partial charge in [-0.1, -0.05) is 11.8 Å². The summed E-state index contributed by atoms with van der Waals surface area (Å²) in [5.74, 6) is 0.0779. The molecule has 0 saturated heterocycles. The fourth-order valence-electron chi connectivity index (χ4n) is 1.21. The van der Waals surface area contributed by atoms with Crippen molar-refractivity contribution in [3.8, 4) is 0 Å². The molecule has 0 unspecified atom stereocenters. The van der Waals surface area contributed by atoms with Crippen LogP contribution in [0.5, 0.6) is 0 Å². The molecule has 2 rings (SSSR count). The van der Waals surface area contributed by atoms with E-state index in [1.165, 1.54) is 6.07 Å². The zero-order valence-electron chi connectivity index (χ0n) is 7.90. The van der Waals surface area contributed by atoms with Gasteiger partial charge in [0, 0.05) is 12.0 Å². The highest BCUT2D eigenvalue weighted by Crippen LogP contribution is 2.37. The molecular formula is C9H10N2O3S. The van der Waals surface area contributed by atoms with E-state index in [1.54, 1.807) is 0 Å². The molecule has 0 radical (unpaired) electrons. The molecule has 0 amide bonds. The molecule has 1 aromatic rings. The number of carbonyl (C=O) groups is 1. The number of hydrogen-bond donors (Lipinski definition) is 2. The maximum atomic E-state index is 11.2. The second-order valence-corrected chi connectivity index (χ2v) is 4.42. The maximum Gasteiger partial charge on any atom is 0.313 e. The van der Waals surface area contributed by atoms with E-state index in [4.69, 9.17) is 5.11 Å². The largest absolute Gasteiger partial charge is 0.481 e. The molecule has 0 aliphatic heterocycles. The van der Waals surface area contributed by atoms with Crippen molar-refractivity contribution in [2.75, 3.05) is 5.75 Å². The first-order valence-corrected chi connectivity index (χ1v) is 5.59. The van der Waals surface area contributed by atoms with Crippen LogP contribution in [0.2, 0.25) is 0 Å². The van der Waals surface area contributed by atoms with E-state index in [0.29, 0.717) is 16.8 Å².